The number of amides is 1. The predicted octanol–water partition coefficient (Wildman–Crippen LogP) is 24.1. The van der Waals surface area contributed by atoms with Gasteiger partial charge < -0.3 is 20.3 Å². The highest BCUT2D eigenvalue weighted by Gasteiger charge is 2.18. The number of nitrogens with one attached hydrogen (secondary N) is 1. The highest BCUT2D eigenvalue weighted by molar-refractivity contribution is 5.76. The van der Waals surface area contributed by atoms with Crippen molar-refractivity contribution in [3.8, 4) is 0 Å². The van der Waals surface area contributed by atoms with Crippen LogP contribution in [0.1, 0.15) is 418 Å². The normalized spacial score (nSPS) is 12.6. The van der Waals surface area contributed by atoms with Gasteiger partial charge in [-0.1, -0.05) is 372 Å². The molecule has 0 aliphatic heterocycles. The molecule has 6 heteroatoms. The van der Waals surface area contributed by atoms with Crippen molar-refractivity contribution in [1.82, 2.24) is 5.32 Å². The minimum atomic E-state index is -0.845. The van der Waals surface area contributed by atoms with Gasteiger partial charge in [-0.25, -0.2) is 0 Å². The van der Waals surface area contributed by atoms with Crippen LogP contribution in [0.2, 0.25) is 0 Å². The third-order valence-corrected chi connectivity index (χ3v) is 17.5. The Balaban J connectivity index is 3.39. The van der Waals surface area contributed by atoms with Gasteiger partial charge in [0.2, 0.25) is 5.91 Å². The lowest BCUT2D eigenvalue weighted by Gasteiger charge is -2.20. The minimum Gasteiger partial charge on any atom is -0.466 e. The van der Waals surface area contributed by atoms with Crippen molar-refractivity contribution >= 4 is 11.9 Å². The zero-order chi connectivity index (χ0) is 58.5. The van der Waals surface area contributed by atoms with Crippen LogP contribution < -0.4 is 5.32 Å². The van der Waals surface area contributed by atoms with Crippen molar-refractivity contribution in [2.75, 3.05) is 13.2 Å². The number of hydrogen-bond donors (Lipinski definition) is 3. The number of ether oxygens (including phenoxy) is 1. The predicted molar refractivity (Wildman–Crippen MR) is 356 cm³/mol. The van der Waals surface area contributed by atoms with E-state index in [2.05, 4.69) is 31.3 Å². The number of rotatable bonds is 70. The van der Waals surface area contributed by atoms with Crippen LogP contribution in [-0.4, -0.2) is 47.4 Å². The zero-order valence-corrected chi connectivity index (χ0v) is 55.0. The molecule has 1 amide bonds. The third kappa shape index (κ3) is 67.3. The lowest BCUT2D eigenvalue weighted by atomic mass is 10.0. The summed E-state index contributed by atoms with van der Waals surface area (Å²) in [6.45, 7) is 4.95. The Morgan fingerprint density at radius 3 is 0.877 bits per heavy atom. The summed E-state index contributed by atoms with van der Waals surface area (Å²) >= 11 is 0. The van der Waals surface area contributed by atoms with E-state index in [1.807, 2.05) is 6.08 Å². The topological polar surface area (TPSA) is 95.9 Å². The van der Waals surface area contributed by atoms with E-state index in [4.69, 9.17) is 4.74 Å². The summed E-state index contributed by atoms with van der Waals surface area (Å²) in [4.78, 5) is 24.6. The molecule has 480 valence electrons. The first kappa shape index (κ1) is 79.3. The molecule has 81 heavy (non-hydrogen) atoms. The van der Waals surface area contributed by atoms with Gasteiger partial charge in [0.25, 0.3) is 0 Å². The summed E-state index contributed by atoms with van der Waals surface area (Å²) in [5.41, 5.74) is 0. The minimum absolute atomic E-state index is 0.0193. The Kier molecular flexibility index (Phi) is 69.4. The van der Waals surface area contributed by atoms with Crippen molar-refractivity contribution in [3.05, 3.63) is 24.3 Å². The highest BCUT2D eigenvalue weighted by atomic mass is 16.5. The standard InChI is InChI=1S/C75H145NO5/c1-3-5-7-9-11-13-15-17-19-20-21-30-33-36-40-43-47-51-55-59-63-67-73(78)72(71-77)76-74(79)68-64-60-56-52-48-44-41-37-34-31-28-26-24-22-23-25-27-29-32-35-38-42-46-50-54-58-62-66-70-81-75(80)69-65-61-57-53-49-45-39-18-16-14-12-10-8-6-4-2/h22-23,63,67,72-73,77-78H,3-21,24-62,64-66,68-71H2,1-2H3,(H,76,79)/b23-22-,67-63+. The van der Waals surface area contributed by atoms with E-state index in [1.54, 1.807) is 6.08 Å². The van der Waals surface area contributed by atoms with Crippen LogP contribution in [0.3, 0.4) is 0 Å². The number of aliphatic hydroxyl groups is 2. The number of aliphatic hydroxyl groups excluding tert-OH is 2. The Morgan fingerprint density at radius 1 is 0.333 bits per heavy atom. The fourth-order valence-electron chi connectivity index (χ4n) is 11.8. The van der Waals surface area contributed by atoms with Crippen LogP contribution in [-0.2, 0) is 14.3 Å². The smallest absolute Gasteiger partial charge is 0.305 e. The summed E-state index contributed by atoms with van der Waals surface area (Å²) in [5, 5.41) is 23.3. The highest BCUT2D eigenvalue weighted by Crippen LogP contribution is 2.19. The summed E-state index contributed by atoms with van der Waals surface area (Å²) in [6.07, 6.45) is 89.8. The summed E-state index contributed by atoms with van der Waals surface area (Å²) in [6, 6.07) is -0.629. The van der Waals surface area contributed by atoms with E-state index in [0.717, 1.165) is 38.5 Å². The van der Waals surface area contributed by atoms with Crippen LogP contribution in [0, 0.1) is 0 Å². The number of carbonyl (C=O) groups is 2. The molecule has 2 atom stereocenters. The molecule has 0 rings (SSSR count). The Labute approximate surface area is 507 Å². The molecule has 0 aromatic rings. The molecule has 0 aliphatic rings. The van der Waals surface area contributed by atoms with Gasteiger partial charge in [0.1, 0.15) is 0 Å². The maximum absolute atomic E-state index is 12.5. The molecule has 0 saturated heterocycles. The zero-order valence-electron chi connectivity index (χ0n) is 55.0. The van der Waals surface area contributed by atoms with Gasteiger partial charge in [-0.2, -0.15) is 0 Å². The summed E-state index contributed by atoms with van der Waals surface area (Å²) < 4.78 is 5.50. The van der Waals surface area contributed by atoms with Crippen LogP contribution in [0.5, 0.6) is 0 Å². The summed E-state index contributed by atoms with van der Waals surface area (Å²) in [5.74, 6) is -0.0443. The number of hydrogen-bond acceptors (Lipinski definition) is 5. The number of esters is 1. The molecule has 2 unspecified atom stereocenters. The van der Waals surface area contributed by atoms with Gasteiger partial charge in [0, 0.05) is 12.8 Å². The number of carbonyl (C=O) groups excluding carboxylic acids is 2. The quantitative estimate of drug-likeness (QED) is 0.0320. The molecule has 0 fully saturated rings. The molecular formula is C75H145NO5. The molecule has 0 aromatic carbocycles. The van der Waals surface area contributed by atoms with Crippen molar-refractivity contribution in [1.29, 1.82) is 0 Å². The molecule has 0 aliphatic carbocycles. The number of unbranched alkanes of at least 4 members (excludes halogenated alkanes) is 57. The van der Waals surface area contributed by atoms with E-state index >= 15 is 0 Å². The molecule has 0 aromatic heterocycles. The van der Waals surface area contributed by atoms with Crippen LogP contribution >= 0.6 is 0 Å². The molecule has 6 nitrogen and oxygen atoms in total. The first-order valence-electron chi connectivity index (χ1n) is 37.1. The lowest BCUT2D eigenvalue weighted by Crippen LogP contribution is -2.45. The van der Waals surface area contributed by atoms with E-state index in [-0.39, 0.29) is 18.5 Å². The van der Waals surface area contributed by atoms with Gasteiger partial charge in [0.15, 0.2) is 0 Å². The lowest BCUT2D eigenvalue weighted by molar-refractivity contribution is -0.143. The average molecular weight is 1140 g/mol. The first-order valence-corrected chi connectivity index (χ1v) is 37.1. The average Bonchev–Trinajstić information content (AvgIpc) is 3.47. The molecule has 0 saturated carbocycles. The van der Waals surface area contributed by atoms with Gasteiger partial charge in [0.05, 0.1) is 25.4 Å². The molecule has 0 spiro atoms. The fraction of sp³-hybridized carbons (Fsp3) is 0.920. The van der Waals surface area contributed by atoms with Gasteiger partial charge in [-0.05, 0) is 57.8 Å². The Hall–Kier alpha value is -1.66. The SMILES string of the molecule is CCCCCCCCCCCCCCCCCCCCC/C=C/C(O)C(CO)NC(=O)CCCCCCCCCCCCCC/C=C\CCCCCCCCCCCCCCOC(=O)CCCCCCCCCCCCCCCCC. The van der Waals surface area contributed by atoms with Crippen LogP contribution in [0.15, 0.2) is 24.3 Å². The molecule has 0 radical (unpaired) electrons. The second kappa shape index (κ2) is 70.8. The monoisotopic (exact) mass is 1140 g/mol. The molecule has 0 bridgehead atoms. The maximum Gasteiger partial charge on any atom is 0.305 e. The first-order chi connectivity index (χ1) is 40.0. The van der Waals surface area contributed by atoms with Gasteiger partial charge in [-0.15, -0.1) is 0 Å². The van der Waals surface area contributed by atoms with Gasteiger partial charge in [-0.3, -0.25) is 9.59 Å². The maximum atomic E-state index is 12.5. The van der Waals surface area contributed by atoms with E-state index in [0.29, 0.717) is 19.4 Å². The fourth-order valence-corrected chi connectivity index (χ4v) is 11.8. The van der Waals surface area contributed by atoms with E-state index < -0.39 is 12.1 Å². The Bertz CT molecular complexity index is 1270. The number of allylic oxidation sites excluding steroid dienone is 3. The van der Waals surface area contributed by atoms with Crippen molar-refractivity contribution in [2.45, 2.75) is 431 Å². The largest absolute Gasteiger partial charge is 0.466 e. The Morgan fingerprint density at radius 2 is 0.580 bits per heavy atom. The molecule has 0 heterocycles. The molecular weight excluding hydrogens is 995 g/mol. The summed E-state index contributed by atoms with van der Waals surface area (Å²) in [7, 11) is 0. The van der Waals surface area contributed by atoms with E-state index in [9.17, 15) is 19.8 Å². The van der Waals surface area contributed by atoms with Crippen LogP contribution in [0.25, 0.3) is 0 Å². The van der Waals surface area contributed by atoms with Crippen molar-refractivity contribution in [3.63, 3.8) is 0 Å². The van der Waals surface area contributed by atoms with Crippen molar-refractivity contribution in [2.24, 2.45) is 0 Å². The van der Waals surface area contributed by atoms with Crippen LogP contribution in [0.4, 0.5) is 0 Å². The third-order valence-electron chi connectivity index (χ3n) is 17.5. The second-order valence-electron chi connectivity index (χ2n) is 25.6. The van der Waals surface area contributed by atoms with Crippen molar-refractivity contribution < 1.29 is 24.5 Å². The van der Waals surface area contributed by atoms with E-state index in [1.165, 1.54) is 353 Å². The van der Waals surface area contributed by atoms with Gasteiger partial charge >= 0.3 is 5.97 Å². The second-order valence-corrected chi connectivity index (χ2v) is 25.6. The molecule has 3 N–H and O–H groups in total.